The van der Waals surface area contributed by atoms with Crippen molar-refractivity contribution in [1.82, 2.24) is 10.3 Å². The molecule has 1 saturated heterocycles. The van der Waals surface area contributed by atoms with Crippen molar-refractivity contribution in [2.75, 3.05) is 43.6 Å². The van der Waals surface area contributed by atoms with Gasteiger partial charge < -0.3 is 20.3 Å². The molecule has 21 heavy (non-hydrogen) atoms. The number of hydrogen-bond acceptors (Lipinski definition) is 5. The van der Waals surface area contributed by atoms with E-state index in [4.69, 9.17) is 4.74 Å². The number of nitrogens with one attached hydrogen (secondary N) is 2. The van der Waals surface area contributed by atoms with Crippen LogP contribution in [-0.2, 0) is 9.53 Å². The first-order valence-electron chi connectivity index (χ1n) is 6.74. The number of anilines is 2. The minimum absolute atomic E-state index is 0.0553. The summed E-state index contributed by atoms with van der Waals surface area (Å²) in [7, 11) is 1.49. The smallest absolute Gasteiger partial charge is 0.245 e. The average molecular weight is 300 g/mol. The van der Waals surface area contributed by atoms with E-state index in [0.29, 0.717) is 19.7 Å². The lowest BCUT2D eigenvalue weighted by Gasteiger charge is -2.35. The van der Waals surface area contributed by atoms with Crippen LogP contribution in [0.15, 0.2) is 6.07 Å². The second-order valence-corrected chi connectivity index (χ2v) is 4.55. The first-order chi connectivity index (χ1) is 10.1. The van der Waals surface area contributed by atoms with Crippen LogP contribution in [0.5, 0.6) is 0 Å². The molecule has 2 heterocycles. The molecule has 1 aromatic heterocycles. The molecule has 2 rings (SSSR count). The number of halogens is 2. The number of nitrogens with zero attached hydrogens (tertiary/aromatic N) is 2. The lowest BCUT2D eigenvalue weighted by Crippen LogP contribution is -2.54. The second-order valence-electron chi connectivity index (χ2n) is 4.55. The third-order valence-electron chi connectivity index (χ3n) is 3.20. The molecule has 2 N–H and O–H groups in total. The molecule has 0 radical (unpaired) electrons. The van der Waals surface area contributed by atoms with Gasteiger partial charge in [-0.15, -0.1) is 0 Å². The van der Waals surface area contributed by atoms with E-state index in [9.17, 15) is 13.6 Å². The normalized spacial score (nSPS) is 18.5. The minimum Gasteiger partial charge on any atom is -0.377 e. The van der Waals surface area contributed by atoms with E-state index in [0.717, 1.165) is 6.07 Å². The molecule has 1 aliphatic rings. The van der Waals surface area contributed by atoms with E-state index in [1.165, 1.54) is 11.9 Å². The summed E-state index contributed by atoms with van der Waals surface area (Å²) in [4.78, 5) is 17.5. The minimum atomic E-state index is -0.803. The van der Waals surface area contributed by atoms with Crippen molar-refractivity contribution >= 4 is 17.5 Å². The third kappa shape index (κ3) is 3.21. The molecular weight excluding hydrogens is 282 g/mol. The monoisotopic (exact) mass is 300 g/mol. The number of hydrogen-bond donors (Lipinski definition) is 2. The van der Waals surface area contributed by atoms with Crippen LogP contribution in [0.25, 0.3) is 0 Å². The highest BCUT2D eigenvalue weighted by molar-refractivity contribution is 5.85. The fourth-order valence-electron chi connectivity index (χ4n) is 2.20. The van der Waals surface area contributed by atoms with Gasteiger partial charge in [-0.1, -0.05) is 0 Å². The van der Waals surface area contributed by atoms with Crippen LogP contribution in [0.2, 0.25) is 0 Å². The summed E-state index contributed by atoms with van der Waals surface area (Å²) in [6.45, 7) is 3.05. The molecule has 1 fully saturated rings. The van der Waals surface area contributed by atoms with Gasteiger partial charge in [0.2, 0.25) is 5.91 Å². The van der Waals surface area contributed by atoms with E-state index in [1.54, 1.807) is 6.92 Å². The Labute approximate surface area is 121 Å². The van der Waals surface area contributed by atoms with Crippen LogP contribution in [0.1, 0.15) is 6.92 Å². The zero-order valence-electron chi connectivity index (χ0n) is 11.9. The maximum atomic E-state index is 14.0. The van der Waals surface area contributed by atoms with Crippen molar-refractivity contribution in [1.29, 1.82) is 0 Å². The van der Waals surface area contributed by atoms with Gasteiger partial charge in [-0.05, 0) is 6.92 Å². The van der Waals surface area contributed by atoms with E-state index in [1.807, 2.05) is 0 Å². The number of carbonyl (C=O) groups is 1. The molecule has 6 nitrogen and oxygen atoms in total. The van der Waals surface area contributed by atoms with Crippen molar-refractivity contribution < 1.29 is 18.3 Å². The molecule has 1 amide bonds. The number of carbonyl (C=O) groups excluding carboxylic acids is 1. The van der Waals surface area contributed by atoms with Crippen LogP contribution >= 0.6 is 0 Å². The fraction of sp³-hybridized carbons (Fsp3) is 0.538. The number of pyridine rings is 1. The lowest BCUT2D eigenvalue weighted by molar-refractivity contribution is -0.124. The zero-order chi connectivity index (χ0) is 15.4. The van der Waals surface area contributed by atoms with Crippen LogP contribution in [0, 0.1) is 11.6 Å². The molecule has 8 heteroatoms. The summed E-state index contributed by atoms with van der Waals surface area (Å²) in [5.41, 5.74) is 0. The number of aromatic nitrogens is 1. The summed E-state index contributed by atoms with van der Waals surface area (Å²) in [5, 5.41) is 5.23. The maximum absolute atomic E-state index is 14.0. The second kappa shape index (κ2) is 6.66. The number of ether oxygens (including phenoxy) is 1. The number of likely N-dealkylation sites (N-methyl/N-ethyl adjacent to an activating group) is 1. The molecular formula is C13H18F2N4O2. The number of rotatable bonds is 4. The Balaban J connectivity index is 2.35. The van der Waals surface area contributed by atoms with Gasteiger partial charge in [-0.25, -0.2) is 13.8 Å². The highest BCUT2D eigenvalue weighted by Gasteiger charge is 2.32. The summed E-state index contributed by atoms with van der Waals surface area (Å²) < 4.78 is 32.8. The van der Waals surface area contributed by atoms with Gasteiger partial charge >= 0.3 is 0 Å². The van der Waals surface area contributed by atoms with Gasteiger partial charge in [-0.2, -0.15) is 0 Å². The Morgan fingerprint density at radius 3 is 2.95 bits per heavy atom. The highest BCUT2D eigenvalue weighted by atomic mass is 19.1. The van der Waals surface area contributed by atoms with E-state index in [-0.39, 0.29) is 24.1 Å². The van der Waals surface area contributed by atoms with Gasteiger partial charge in [0.15, 0.2) is 23.3 Å². The summed E-state index contributed by atoms with van der Waals surface area (Å²) >= 11 is 0. The first-order valence-corrected chi connectivity index (χ1v) is 6.74. The van der Waals surface area contributed by atoms with Gasteiger partial charge in [0.1, 0.15) is 6.04 Å². The molecule has 1 unspecified atom stereocenters. The van der Waals surface area contributed by atoms with Crippen molar-refractivity contribution in [3.05, 3.63) is 17.7 Å². The van der Waals surface area contributed by atoms with Crippen LogP contribution in [-0.4, -0.2) is 50.3 Å². The molecule has 0 aromatic carbocycles. The quantitative estimate of drug-likeness (QED) is 0.859. The maximum Gasteiger partial charge on any atom is 0.245 e. The number of amides is 1. The van der Waals surface area contributed by atoms with Crippen molar-refractivity contribution in [2.45, 2.75) is 13.0 Å². The third-order valence-corrected chi connectivity index (χ3v) is 3.20. The molecule has 1 atom stereocenters. The summed E-state index contributed by atoms with van der Waals surface area (Å²) in [6.07, 6.45) is 0. The SMILES string of the molecule is CCNC(=O)C1COCCN1c1nc(NC)c(F)cc1F. The lowest BCUT2D eigenvalue weighted by atomic mass is 10.2. The predicted octanol–water partition coefficient (Wildman–Crippen LogP) is 0.743. The Hall–Kier alpha value is -1.96. The zero-order valence-corrected chi connectivity index (χ0v) is 11.9. The standard InChI is InChI=1S/C13H18F2N4O2/c1-3-17-13(20)10-7-21-5-4-19(10)12-9(15)6-8(14)11(16-2)18-12/h6,10H,3-5,7H2,1-2H3,(H,16,18)(H,17,20). The molecule has 0 spiro atoms. The molecule has 0 saturated carbocycles. The van der Waals surface area contributed by atoms with Crippen LogP contribution in [0.3, 0.4) is 0 Å². The largest absolute Gasteiger partial charge is 0.377 e. The van der Waals surface area contributed by atoms with E-state index in [2.05, 4.69) is 15.6 Å². The summed E-state index contributed by atoms with van der Waals surface area (Å²) in [5.74, 6) is -1.97. The Morgan fingerprint density at radius 2 is 2.29 bits per heavy atom. The van der Waals surface area contributed by atoms with Gasteiger partial charge in [0, 0.05) is 26.2 Å². The van der Waals surface area contributed by atoms with Gasteiger partial charge in [0.25, 0.3) is 0 Å². The molecule has 116 valence electrons. The van der Waals surface area contributed by atoms with Crippen molar-refractivity contribution in [3.8, 4) is 0 Å². The molecule has 1 aromatic rings. The molecule has 0 bridgehead atoms. The Morgan fingerprint density at radius 1 is 1.52 bits per heavy atom. The van der Waals surface area contributed by atoms with E-state index >= 15 is 0 Å². The fourth-order valence-corrected chi connectivity index (χ4v) is 2.20. The topological polar surface area (TPSA) is 66.5 Å². The van der Waals surface area contributed by atoms with Crippen molar-refractivity contribution in [2.24, 2.45) is 0 Å². The van der Waals surface area contributed by atoms with Gasteiger partial charge in [0.05, 0.1) is 13.2 Å². The first kappa shape index (κ1) is 15.4. The van der Waals surface area contributed by atoms with Crippen molar-refractivity contribution in [3.63, 3.8) is 0 Å². The van der Waals surface area contributed by atoms with Crippen LogP contribution in [0.4, 0.5) is 20.4 Å². The summed E-state index contributed by atoms with van der Waals surface area (Å²) in [6, 6.07) is 0.0779. The molecule has 1 aliphatic heterocycles. The van der Waals surface area contributed by atoms with Gasteiger partial charge in [-0.3, -0.25) is 4.79 Å². The Kier molecular flexibility index (Phi) is 4.89. The predicted molar refractivity (Wildman–Crippen MR) is 74.3 cm³/mol. The number of morpholine rings is 1. The highest BCUT2D eigenvalue weighted by Crippen LogP contribution is 2.25. The van der Waals surface area contributed by atoms with Crippen LogP contribution < -0.4 is 15.5 Å². The molecule has 0 aliphatic carbocycles. The Bertz CT molecular complexity index is 527. The van der Waals surface area contributed by atoms with E-state index < -0.39 is 17.7 Å². The average Bonchev–Trinajstić information content (AvgIpc) is 2.48.